The number of primary amides is 1. The number of ketones is 2. The number of aliphatic hydroxyl groups is 3. The van der Waals surface area contributed by atoms with Crippen LogP contribution in [0.2, 0.25) is 0 Å². The van der Waals surface area contributed by atoms with Gasteiger partial charge in [0.1, 0.15) is 28.4 Å². The molecule has 12 heteroatoms. The first-order valence-corrected chi connectivity index (χ1v) is 12.9. The number of hydrogen-bond donors (Lipinski definition) is 5. The van der Waals surface area contributed by atoms with Crippen molar-refractivity contribution in [3.05, 3.63) is 45.4 Å². The lowest BCUT2D eigenvalue weighted by molar-refractivity contribution is -0.148. The van der Waals surface area contributed by atoms with Gasteiger partial charge in [-0.05, 0) is 65.3 Å². The summed E-state index contributed by atoms with van der Waals surface area (Å²) < 4.78 is 0. The number of fused-ring (bicyclic) bond motifs is 3. The summed E-state index contributed by atoms with van der Waals surface area (Å²) in [6, 6.07) is 0.624. The molecule has 0 saturated carbocycles. The molecule has 0 spiro atoms. The van der Waals surface area contributed by atoms with Gasteiger partial charge in [0.2, 0.25) is 5.78 Å². The van der Waals surface area contributed by atoms with E-state index in [0.29, 0.717) is 11.3 Å². The van der Waals surface area contributed by atoms with Gasteiger partial charge < -0.3 is 35.9 Å². The van der Waals surface area contributed by atoms with Crippen molar-refractivity contribution in [3.8, 4) is 5.75 Å². The molecule has 3 aliphatic carbocycles. The number of allylic oxidation sites excluding steroid dienone is 1. The molecule has 1 aromatic carbocycles. The third-order valence-electron chi connectivity index (χ3n) is 7.73. The molecular formula is C28H36N4O8. The Balaban J connectivity index is 1.94. The van der Waals surface area contributed by atoms with Crippen molar-refractivity contribution in [1.29, 1.82) is 0 Å². The number of Topliss-reactive ketones (excluding diaryl/α,β-unsaturated/α-hetero) is 2. The summed E-state index contributed by atoms with van der Waals surface area (Å²) in [6.45, 7) is 5.40. The number of phenols is 1. The fourth-order valence-electron chi connectivity index (χ4n) is 6.06. The number of oxime groups is 1. The summed E-state index contributed by atoms with van der Waals surface area (Å²) >= 11 is 0. The third kappa shape index (κ3) is 4.31. The summed E-state index contributed by atoms with van der Waals surface area (Å²) in [5, 5.41) is 49.2. The second kappa shape index (κ2) is 9.63. The Bertz CT molecular complexity index is 1400. The molecule has 0 aromatic heterocycles. The molecule has 4 atom stereocenters. The molecule has 0 bridgehead atoms. The Morgan fingerprint density at radius 2 is 1.80 bits per heavy atom. The van der Waals surface area contributed by atoms with Gasteiger partial charge in [0, 0.05) is 36.8 Å². The van der Waals surface area contributed by atoms with Gasteiger partial charge in [0.05, 0.1) is 17.8 Å². The smallest absolute Gasteiger partial charge is 0.255 e. The van der Waals surface area contributed by atoms with Crippen molar-refractivity contribution in [2.24, 2.45) is 22.7 Å². The first kappa shape index (κ1) is 29.1. The van der Waals surface area contributed by atoms with Gasteiger partial charge in [0.15, 0.2) is 11.4 Å². The van der Waals surface area contributed by atoms with Crippen LogP contribution in [0.1, 0.15) is 48.7 Å². The van der Waals surface area contributed by atoms with E-state index in [2.05, 4.69) is 5.16 Å². The number of amides is 1. The normalized spacial score (nSPS) is 26.7. The Morgan fingerprint density at radius 3 is 2.33 bits per heavy atom. The largest absolute Gasteiger partial charge is 0.510 e. The standard InChI is InChI=1S/C28H36N4O8/c1-27(2,3)40-30-11-13-10-16(31(4)5)14-8-12-9-15-20(32(6)7)23(35)19(26(29)38)25(37)28(15,39)24(36)17(12)22(34)18(14)21(13)33/h10-12,15,20,33,35-36,39H,8-9H2,1-7H3,(H2,29,38)/b30-11+/t12-,15-,20?,28-/m0/s1. The second-order valence-corrected chi connectivity index (χ2v) is 12.0. The van der Waals surface area contributed by atoms with E-state index in [1.54, 1.807) is 59.9 Å². The molecule has 12 nitrogen and oxygen atoms in total. The molecule has 0 radical (unpaired) electrons. The molecule has 40 heavy (non-hydrogen) atoms. The second-order valence-electron chi connectivity index (χ2n) is 12.0. The minimum atomic E-state index is -2.69. The number of phenolic OH excluding ortho intramolecular Hbond substituents is 1. The maximum atomic E-state index is 14.0. The minimum absolute atomic E-state index is 0.0159. The zero-order valence-corrected chi connectivity index (χ0v) is 23.6. The Hall–Kier alpha value is -3.90. The Morgan fingerprint density at radius 1 is 1.18 bits per heavy atom. The van der Waals surface area contributed by atoms with Crippen LogP contribution in [0.5, 0.6) is 5.75 Å². The van der Waals surface area contributed by atoms with Crippen molar-refractivity contribution >= 4 is 29.4 Å². The van der Waals surface area contributed by atoms with E-state index < -0.39 is 69.4 Å². The van der Waals surface area contributed by atoms with Crippen molar-refractivity contribution in [3.63, 3.8) is 0 Å². The SMILES string of the molecule is CN(C)c1cc(/C=N/OC(C)(C)C)c(O)c2c1C[C@H]1C[C@H]3C(N(C)C)C(O)=C(C(N)=O)C(=O)[C@@]3(O)C(O)=C1C2=O. The molecule has 0 aliphatic heterocycles. The van der Waals surface area contributed by atoms with Crippen LogP contribution in [0, 0.1) is 11.8 Å². The van der Waals surface area contributed by atoms with E-state index in [4.69, 9.17) is 10.6 Å². The monoisotopic (exact) mass is 556 g/mol. The van der Waals surface area contributed by atoms with Gasteiger partial charge in [0.25, 0.3) is 5.91 Å². The summed E-state index contributed by atoms with van der Waals surface area (Å²) in [5.74, 6) is -6.97. The Labute approximate surface area is 232 Å². The highest BCUT2D eigenvalue weighted by molar-refractivity contribution is 6.25. The molecule has 0 fully saturated rings. The van der Waals surface area contributed by atoms with E-state index in [1.165, 1.54) is 11.1 Å². The van der Waals surface area contributed by atoms with Crippen LogP contribution in [0.3, 0.4) is 0 Å². The summed E-state index contributed by atoms with van der Waals surface area (Å²) in [6.07, 6.45) is 1.48. The van der Waals surface area contributed by atoms with E-state index in [9.17, 15) is 34.8 Å². The average molecular weight is 557 g/mol. The van der Waals surface area contributed by atoms with Crippen LogP contribution in [0.4, 0.5) is 5.69 Å². The van der Waals surface area contributed by atoms with Crippen LogP contribution in [0.25, 0.3) is 0 Å². The highest BCUT2D eigenvalue weighted by Crippen LogP contribution is 2.53. The summed E-state index contributed by atoms with van der Waals surface area (Å²) in [7, 11) is 6.73. The number of nitrogens with two attached hydrogens (primary N) is 1. The number of nitrogens with zero attached hydrogens (tertiary/aromatic N) is 3. The first-order valence-electron chi connectivity index (χ1n) is 12.9. The van der Waals surface area contributed by atoms with Crippen molar-refractivity contribution in [2.45, 2.75) is 50.9 Å². The molecule has 6 N–H and O–H groups in total. The quantitative estimate of drug-likeness (QED) is 0.201. The molecule has 216 valence electrons. The number of aliphatic hydroxyl groups excluding tert-OH is 2. The molecule has 1 unspecified atom stereocenters. The number of benzene rings is 1. The molecule has 4 rings (SSSR count). The summed E-state index contributed by atoms with van der Waals surface area (Å²) in [5.41, 5.74) is 2.27. The number of likely N-dealkylation sites (N-methyl/N-ethyl adjacent to an activating group) is 1. The average Bonchev–Trinajstić information content (AvgIpc) is 2.81. The van der Waals surface area contributed by atoms with E-state index >= 15 is 0 Å². The van der Waals surface area contributed by atoms with Gasteiger partial charge in [-0.25, -0.2) is 0 Å². The molecular weight excluding hydrogens is 520 g/mol. The lowest BCUT2D eigenvalue weighted by Crippen LogP contribution is -2.63. The first-order chi connectivity index (χ1) is 18.4. The lowest BCUT2D eigenvalue weighted by Gasteiger charge is -2.50. The van der Waals surface area contributed by atoms with Crippen molar-refractivity contribution < 1.29 is 39.6 Å². The van der Waals surface area contributed by atoms with Crippen LogP contribution >= 0.6 is 0 Å². The highest BCUT2D eigenvalue weighted by Gasteiger charge is 2.63. The number of rotatable bonds is 5. The van der Waals surface area contributed by atoms with E-state index in [0.717, 1.165) is 0 Å². The molecule has 3 aliphatic rings. The van der Waals surface area contributed by atoms with Crippen LogP contribution in [0.15, 0.2) is 33.9 Å². The van der Waals surface area contributed by atoms with Crippen LogP contribution < -0.4 is 10.6 Å². The van der Waals surface area contributed by atoms with Gasteiger partial charge in [-0.1, -0.05) is 5.16 Å². The van der Waals surface area contributed by atoms with E-state index in [1.807, 2.05) is 0 Å². The molecule has 0 saturated heterocycles. The number of hydrogen-bond acceptors (Lipinski definition) is 11. The zero-order valence-electron chi connectivity index (χ0n) is 23.6. The molecule has 0 heterocycles. The lowest BCUT2D eigenvalue weighted by atomic mass is 9.58. The maximum absolute atomic E-state index is 14.0. The minimum Gasteiger partial charge on any atom is -0.510 e. The number of anilines is 1. The zero-order chi connectivity index (χ0) is 30.1. The fourth-order valence-corrected chi connectivity index (χ4v) is 6.06. The predicted molar refractivity (Wildman–Crippen MR) is 146 cm³/mol. The summed E-state index contributed by atoms with van der Waals surface area (Å²) in [4.78, 5) is 48.2. The topological polar surface area (TPSA) is 186 Å². The van der Waals surface area contributed by atoms with Gasteiger partial charge in [-0.15, -0.1) is 0 Å². The van der Waals surface area contributed by atoms with Crippen LogP contribution in [-0.2, 0) is 20.8 Å². The van der Waals surface area contributed by atoms with Gasteiger partial charge >= 0.3 is 0 Å². The fraction of sp³-hybridized carbons (Fsp3) is 0.500. The number of carbonyl (C=O) groups is 3. The maximum Gasteiger partial charge on any atom is 0.255 e. The highest BCUT2D eigenvalue weighted by atomic mass is 16.6. The van der Waals surface area contributed by atoms with Crippen molar-refractivity contribution in [2.75, 3.05) is 33.1 Å². The Kier molecular flexibility index (Phi) is 7.00. The van der Waals surface area contributed by atoms with Gasteiger partial charge in [-0.3, -0.25) is 19.3 Å². The predicted octanol–water partition coefficient (Wildman–Crippen LogP) is 1.34. The van der Waals surface area contributed by atoms with Gasteiger partial charge in [-0.2, -0.15) is 0 Å². The molecule has 1 amide bonds. The third-order valence-corrected chi connectivity index (χ3v) is 7.73. The van der Waals surface area contributed by atoms with Crippen LogP contribution in [-0.4, -0.2) is 94.4 Å². The number of carbonyl (C=O) groups excluding carboxylic acids is 3. The van der Waals surface area contributed by atoms with Crippen molar-refractivity contribution in [1.82, 2.24) is 4.90 Å². The number of aromatic hydroxyl groups is 1. The van der Waals surface area contributed by atoms with E-state index in [-0.39, 0.29) is 29.5 Å². The molecule has 1 aromatic rings.